The van der Waals surface area contributed by atoms with Crippen LogP contribution in [-0.4, -0.2) is 36.2 Å². The Kier molecular flexibility index (Phi) is 4.77. The molecule has 1 aliphatic rings. The number of ether oxygens (including phenoxy) is 1. The Morgan fingerprint density at radius 1 is 1.60 bits per heavy atom. The molecule has 0 aliphatic heterocycles. The summed E-state index contributed by atoms with van der Waals surface area (Å²) in [6, 6.07) is 3.04. The molecule has 1 aliphatic carbocycles. The van der Waals surface area contributed by atoms with E-state index in [-0.39, 0.29) is 16.9 Å². The summed E-state index contributed by atoms with van der Waals surface area (Å²) < 4.78 is 5.10. The minimum atomic E-state index is -0.419. The molecule has 7 heteroatoms. The van der Waals surface area contributed by atoms with Gasteiger partial charge in [-0.3, -0.25) is 10.1 Å². The van der Waals surface area contributed by atoms with E-state index in [1.54, 1.807) is 7.11 Å². The van der Waals surface area contributed by atoms with Crippen LogP contribution in [0, 0.1) is 16.0 Å². The first kappa shape index (κ1) is 15.0. The number of halogens is 1. The molecule has 2 rings (SSSR count). The van der Waals surface area contributed by atoms with Crippen LogP contribution in [0.3, 0.4) is 0 Å². The summed E-state index contributed by atoms with van der Waals surface area (Å²) in [4.78, 5) is 16.9. The quantitative estimate of drug-likeness (QED) is 0.440. The number of hydrogen-bond acceptors (Lipinski definition) is 5. The van der Waals surface area contributed by atoms with Gasteiger partial charge in [-0.25, -0.2) is 4.98 Å². The number of rotatable bonds is 7. The van der Waals surface area contributed by atoms with Crippen LogP contribution >= 0.6 is 11.6 Å². The number of methoxy groups -OCH3 is 1. The smallest absolute Gasteiger partial charge is 0.311 e. The van der Waals surface area contributed by atoms with Crippen LogP contribution in [0.25, 0.3) is 0 Å². The predicted molar refractivity (Wildman–Crippen MR) is 77.3 cm³/mol. The van der Waals surface area contributed by atoms with E-state index in [4.69, 9.17) is 16.3 Å². The van der Waals surface area contributed by atoms with Crippen molar-refractivity contribution in [1.29, 1.82) is 0 Å². The molecule has 0 radical (unpaired) electrons. The number of nitrogens with zero attached hydrogens (tertiary/aromatic N) is 3. The first-order valence-electron chi connectivity index (χ1n) is 6.61. The Bertz CT molecular complexity index is 494. The number of anilines is 1. The summed E-state index contributed by atoms with van der Waals surface area (Å²) in [7, 11) is 1.61. The van der Waals surface area contributed by atoms with Gasteiger partial charge in [-0.1, -0.05) is 11.6 Å². The first-order valence-corrected chi connectivity index (χ1v) is 6.99. The highest BCUT2D eigenvalue weighted by Gasteiger charge is 2.35. The largest absolute Gasteiger partial charge is 0.383 e. The number of nitro groups is 1. The van der Waals surface area contributed by atoms with Gasteiger partial charge in [-0.05, 0) is 31.7 Å². The van der Waals surface area contributed by atoms with Crippen LogP contribution in [0.2, 0.25) is 5.15 Å². The minimum Gasteiger partial charge on any atom is -0.383 e. The zero-order valence-electron chi connectivity index (χ0n) is 11.6. The van der Waals surface area contributed by atoms with Crippen molar-refractivity contribution in [3.05, 3.63) is 27.4 Å². The maximum Gasteiger partial charge on any atom is 0.311 e. The number of hydrogen-bond donors (Lipinski definition) is 0. The Hall–Kier alpha value is -1.40. The summed E-state index contributed by atoms with van der Waals surface area (Å²) in [6.07, 6.45) is 2.30. The molecule has 20 heavy (non-hydrogen) atoms. The van der Waals surface area contributed by atoms with Crippen molar-refractivity contribution in [1.82, 2.24) is 4.98 Å². The van der Waals surface area contributed by atoms with E-state index in [9.17, 15) is 10.1 Å². The highest BCUT2D eigenvalue weighted by molar-refractivity contribution is 6.29. The van der Waals surface area contributed by atoms with Gasteiger partial charge >= 0.3 is 5.69 Å². The van der Waals surface area contributed by atoms with Crippen molar-refractivity contribution < 1.29 is 9.66 Å². The molecule has 1 heterocycles. The average Bonchev–Trinajstić information content (AvgIpc) is 3.23. The fourth-order valence-electron chi connectivity index (χ4n) is 2.30. The lowest BCUT2D eigenvalue weighted by molar-refractivity contribution is -0.384. The summed E-state index contributed by atoms with van der Waals surface area (Å²) in [6.45, 7) is 3.12. The standard InChI is InChI=1S/C13H18ClN3O3/c1-9(10-3-4-10)16(7-8-20-2)13-11(17(18)19)5-6-12(14)15-13/h5-6,9-10H,3-4,7-8H2,1-2H3. The van der Waals surface area contributed by atoms with E-state index < -0.39 is 4.92 Å². The summed E-state index contributed by atoms with van der Waals surface area (Å²) in [5, 5.41) is 11.4. The molecule has 110 valence electrons. The molecule has 1 unspecified atom stereocenters. The highest BCUT2D eigenvalue weighted by atomic mass is 35.5. The molecule has 1 atom stereocenters. The Balaban J connectivity index is 2.35. The van der Waals surface area contributed by atoms with Crippen LogP contribution in [0.4, 0.5) is 11.5 Å². The van der Waals surface area contributed by atoms with Crippen LogP contribution in [0.5, 0.6) is 0 Å². The molecule has 1 fully saturated rings. The summed E-state index contributed by atoms with van der Waals surface area (Å²) in [5.74, 6) is 0.895. The Morgan fingerprint density at radius 2 is 2.30 bits per heavy atom. The van der Waals surface area contributed by atoms with Gasteiger partial charge in [-0.15, -0.1) is 0 Å². The molecule has 0 amide bonds. The van der Waals surface area contributed by atoms with E-state index in [0.29, 0.717) is 24.9 Å². The lowest BCUT2D eigenvalue weighted by atomic mass is 10.1. The van der Waals surface area contributed by atoms with Crippen LogP contribution in [0.15, 0.2) is 12.1 Å². The highest BCUT2D eigenvalue weighted by Crippen LogP contribution is 2.38. The molecule has 0 N–H and O–H groups in total. The van der Waals surface area contributed by atoms with Crippen molar-refractivity contribution in [2.75, 3.05) is 25.2 Å². The molecular weight excluding hydrogens is 282 g/mol. The second-order valence-electron chi connectivity index (χ2n) is 5.00. The van der Waals surface area contributed by atoms with Gasteiger partial charge in [0.15, 0.2) is 0 Å². The van der Waals surface area contributed by atoms with E-state index in [0.717, 1.165) is 12.8 Å². The maximum atomic E-state index is 11.2. The number of pyridine rings is 1. The Labute approximate surface area is 122 Å². The third kappa shape index (κ3) is 3.37. The fourth-order valence-corrected chi connectivity index (χ4v) is 2.44. The molecule has 0 saturated heterocycles. The molecule has 1 aromatic rings. The van der Waals surface area contributed by atoms with Crippen molar-refractivity contribution >= 4 is 23.1 Å². The van der Waals surface area contributed by atoms with Crippen molar-refractivity contribution in [2.24, 2.45) is 5.92 Å². The molecule has 0 aromatic carbocycles. The van der Waals surface area contributed by atoms with Crippen molar-refractivity contribution in [2.45, 2.75) is 25.8 Å². The lowest BCUT2D eigenvalue weighted by Crippen LogP contribution is -2.38. The van der Waals surface area contributed by atoms with Gasteiger partial charge in [0.25, 0.3) is 0 Å². The molecule has 1 aromatic heterocycles. The lowest BCUT2D eigenvalue weighted by Gasteiger charge is -2.29. The maximum absolute atomic E-state index is 11.2. The zero-order chi connectivity index (χ0) is 14.7. The van der Waals surface area contributed by atoms with Gasteiger partial charge in [0, 0.05) is 25.8 Å². The normalized spacial score (nSPS) is 15.9. The molecule has 0 bridgehead atoms. The van der Waals surface area contributed by atoms with Crippen LogP contribution < -0.4 is 4.90 Å². The second kappa shape index (κ2) is 6.37. The molecule has 1 saturated carbocycles. The summed E-state index contributed by atoms with van der Waals surface area (Å²) >= 11 is 5.91. The third-order valence-electron chi connectivity index (χ3n) is 3.62. The SMILES string of the molecule is COCCN(c1nc(Cl)ccc1[N+](=O)[O-])C(C)C1CC1. The van der Waals surface area contributed by atoms with Crippen LogP contribution in [0.1, 0.15) is 19.8 Å². The first-order chi connectivity index (χ1) is 9.54. The zero-order valence-corrected chi connectivity index (χ0v) is 12.3. The molecular formula is C13H18ClN3O3. The second-order valence-corrected chi connectivity index (χ2v) is 5.39. The van der Waals surface area contributed by atoms with Gasteiger partial charge in [0.2, 0.25) is 5.82 Å². The van der Waals surface area contributed by atoms with Gasteiger partial charge in [0.1, 0.15) is 5.15 Å². The minimum absolute atomic E-state index is 0.0157. The van der Waals surface area contributed by atoms with Gasteiger partial charge < -0.3 is 9.64 Å². The van der Waals surface area contributed by atoms with Crippen molar-refractivity contribution in [3.8, 4) is 0 Å². The topological polar surface area (TPSA) is 68.5 Å². The third-order valence-corrected chi connectivity index (χ3v) is 3.83. The number of aromatic nitrogens is 1. The monoisotopic (exact) mass is 299 g/mol. The van der Waals surface area contributed by atoms with Gasteiger partial charge in [0.05, 0.1) is 11.5 Å². The summed E-state index contributed by atoms with van der Waals surface area (Å²) in [5.41, 5.74) is -0.0157. The van der Waals surface area contributed by atoms with E-state index in [2.05, 4.69) is 11.9 Å². The fraction of sp³-hybridized carbons (Fsp3) is 0.615. The van der Waals surface area contributed by atoms with E-state index >= 15 is 0 Å². The van der Waals surface area contributed by atoms with E-state index in [1.165, 1.54) is 12.1 Å². The van der Waals surface area contributed by atoms with Gasteiger partial charge in [-0.2, -0.15) is 0 Å². The predicted octanol–water partition coefficient (Wildman–Crippen LogP) is 2.89. The molecule has 6 nitrogen and oxygen atoms in total. The molecule has 0 spiro atoms. The van der Waals surface area contributed by atoms with Crippen molar-refractivity contribution in [3.63, 3.8) is 0 Å². The van der Waals surface area contributed by atoms with Crippen LogP contribution in [-0.2, 0) is 4.74 Å². The average molecular weight is 300 g/mol. The van der Waals surface area contributed by atoms with E-state index in [1.807, 2.05) is 4.90 Å². The Morgan fingerprint density at radius 3 is 2.85 bits per heavy atom.